The van der Waals surface area contributed by atoms with Gasteiger partial charge in [0.15, 0.2) is 0 Å². The van der Waals surface area contributed by atoms with Crippen LogP contribution in [-0.2, 0) is 0 Å². The SMILES string of the molecule is CC(O)CN(CCCO)CC(C)O. The van der Waals surface area contributed by atoms with Gasteiger partial charge in [0.2, 0.25) is 0 Å². The van der Waals surface area contributed by atoms with Gasteiger partial charge < -0.3 is 15.3 Å². The van der Waals surface area contributed by atoms with Crippen molar-refractivity contribution in [2.45, 2.75) is 32.5 Å². The first-order valence-electron chi connectivity index (χ1n) is 4.75. The van der Waals surface area contributed by atoms with Gasteiger partial charge >= 0.3 is 0 Å². The average molecular weight is 191 g/mol. The molecule has 0 heterocycles. The van der Waals surface area contributed by atoms with E-state index in [1.807, 2.05) is 4.90 Å². The summed E-state index contributed by atoms with van der Waals surface area (Å²) in [5.74, 6) is 0. The molecule has 0 saturated carbocycles. The van der Waals surface area contributed by atoms with Gasteiger partial charge in [-0.2, -0.15) is 0 Å². The summed E-state index contributed by atoms with van der Waals surface area (Å²) in [5, 5.41) is 26.9. The number of rotatable bonds is 7. The molecule has 4 heteroatoms. The van der Waals surface area contributed by atoms with E-state index in [1.165, 1.54) is 0 Å². The zero-order valence-electron chi connectivity index (χ0n) is 8.48. The van der Waals surface area contributed by atoms with Crippen molar-refractivity contribution in [1.82, 2.24) is 4.90 Å². The molecule has 0 saturated heterocycles. The molecule has 0 radical (unpaired) electrons. The van der Waals surface area contributed by atoms with Crippen LogP contribution in [-0.4, -0.2) is 58.7 Å². The van der Waals surface area contributed by atoms with Gasteiger partial charge in [-0.15, -0.1) is 0 Å². The van der Waals surface area contributed by atoms with Crippen LogP contribution in [0.4, 0.5) is 0 Å². The molecular weight excluding hydrogens is 170 g/mol. The second-order valence-electron chi connectivity index (χ2n) is 3.53. The molecule has 0 amide bonds. The highest BCUT2D eigenvalue weighted by atomic mass is 16.3. The molecule has 13 heavy (non-hydrogen) atoms. The monoisotopic (exact) mass is 191 g/mol. The summed E-state index contributed by atoms with van der Waals surface area (Å²) < 4.78 is 0. The molecule has 0 rings (SSSR count). The first-order valence-corrected chi connectivity index (χ1v) is 4.75. The Bertz CT molecular complexity index is 107. The molecule has 0 fully saturated rings. The van der Waals surface area contributed by atoms with Crippen molar-refractivity contribution in [2.24, 2.45) is 0 Å². The number of aliphatic hydroxyl groups excluding tert-OH is 3. The Morgan fingerprint density at radius 1 is 1.08 bits per heavy atom. The lowest BCUT2D eigenvalue weighted by Crippen LogP contribution is -2.37. The molecule has 2 unspecified atom stereocenters. The van der Waals surface area contributed by atoms with Crippen LogP contribution in [0.25, 0.3) is 0 Å². The standard InChI is InChI=1S/C9H21NO3/c1-8(12)6-10(4-3-5-11)7-9(2)13/h8-9,11-13H,3-7H2,1-2H3. The zero-order chi connectivity index (χ0) is 10.3. The molecule has 0 aromatic rings. The van der Waals surface area contributed by atoms with Gasteiger partial charge in [-0.05, 0) is 20.3 Å². The molecule has 3 N–H and O–H groups in total. The molecule has 80 valence electrons. The normalized spacial score (nSPS) is 16.2. The van der Waals surface area contributed by atoms with Gasteiger partial charge in [0.05, 0.1) is 12.2 Å². The molecule has 0 aromatic carbocycles. The second-order valence-corrected chi connectivity index (χ2v) is 3.53. The summed E-state index contributed by atoms with van der Waals surface area (Å²) in [4.78, 5) is 1.95. The smallest absolute Gasteiger partial charge is 0.0639 e. The van der Waals surface area contributed by atoms with Crippen LogP contribution in [0.2, 0.25) is 0 Å². The topological polar surface area (TPSA) is 63.9 Å². The van der Waals surface area contributed by atoms with Crippen LogP contribution in [0.5, 0.6) is 0 Å². The van der Waals surface area contributed by atoms with E-state index >= 15 is 0 Å². The zero-order valence-corrected chi connectivity index (χ0v) is 8.48. The maximum absolute atomic E-state index is 9.15. The highest BCUT2D eigenvalue weighted by Gasteiger charge is 2.09. The van der Waals surface area contributed by atoms with Crippen molar-refractivity contribution < 1.29 is 15.3 Å². The maximum atomic E-state index is 9.15. The van der Waals surface area contributed by atoms with Crippen LogP contribution < -0.4 is 0 Å². The fourth-order valence-electron chi connectivity index (χ4n) is 1.30. The molecule has 0 aliphatic rings. The lowest BCUT2D eigenvalue weighted by atomic mass is 10.3. The number of aliphatic hydroxyl groups is 3. The molecule has 0 aromatic heterocycles. The Balaban J connectivity index is 3.73. The quantitative estimate of drug-likeness (QED) is 0.504. The van der Waals surface area contributed by atoms with E-state index in [0.29, 0.717) is 26.1 Å². The first kappa shape index (κ1) is 12.8. The van der Waals surface area contributed by atoms with Crippen LogP contribution in [0.15, 0.2) is 0 Å². The van der Waals surface area contributed by atoms with Gasteiger partial charge in [-0.3, -0.25) is 4.90 Å². The van der Waals surface area contributed by atoms with E-state index in [1.54, 1.807) is 13.8 Å². The van der Waals surface area contributed by atoms with Gasteiger partial charge in [0, 0.05) is 26.2 Å². The predicted molar refractivity (Wildman–Crippen MR) is 51.5 cm³/mol. The molecular formula is C9H21NO3. The Hall–Kier alpha value is -0.160. The molecule has 4 nitrogen and oxygen atoms in total. The van der Waals surface area contributed by atoms with Gasteiger partial charge in [0.1, 0.15) is 0 Å². The molecule has 2 atom stereocenters. The van der Waals surface area contributed by atoms with Crippen LogP contribution in [0, 0.1) is 0 Å². The fraction of sp³-hybridized carbons (Fsp3) is 1.00. The van der Waals surface area contributed by atoms with E-state index in [9.17, 15) is 0 Å². The van der Waals surface area contributed by atoms with Gasteiger partial charge in [-0.1, -0.05) is 0 Å². The van der Waals surface area contributed by atoms with Crippen LogP contribution >= 0.6 is 0 Å². The summed E-state index contributed by atoms with van der Waals surface area (Å²) >= 11 is 0. The summed E-state index contributed by atoms with van der Waals surface area (Å²) in [5.41, 5.74) is 0. The van der Waals surface area contributed by atoms with Gasteiger partial charge in [-0.25, -0.2) is 0 Å². The number of nitrogens with zero attached hydrogens (tertiary/aromatic N) is 1. The Labute approximate surface area is 79.8 Å². The van der Waals surface area contributed by atoms with Crippen molar-refractivity contribution in [1.29, 1.82) is 0 Å². The van der Waals surface area contributed by atoms with Crippen molar-refractivity contribution >= 4 is 0 Å². The molecule has 0 aliphatic carbocycles. The van der Waals surface area contributed by atoms with E-state index in [4.69, 9.17) is 15.3 Å². The lowest BCUT2D eigenvalue weighted by Gasteiger charge is -2.24. The van der Waals surface area contributed by atoms with E-state index in [0.717, 1.165) is 0 Å². The Morgan fingerprint density at radius 2 is 1.54 bits per heavy atom. The third-order valence-electron chi connectivity index (χ3n) is 1.68. The van der Waals surface area contributed by atoms with Crippen LogP contribution in [0.1, 0.15) is 20.3 Å². The van der Waals surface area contributed by atoms with E-state index < -0.39 is 12.2 Å². The summed E-state index contributed by atoms with van der Waals surface area (Å²) in [6.45, 7) is 5.39. The number of hydrogen-bond donors (Lipinski definition) is 3. The molecule has 0 bridgehead atoms. The largest absolute Gasteiger partial charge is 0.396 e. The Kier molecular flexibility index (Phi) is 7.17. The van der Waals surface area contributed by atoms with Crippen molar-refractivity contribution in [3.63, 3.8) is 0 Å². The predicted octanol–water partition coefficient (Wildman–Crippen LogP) is -0.568. The summed E-state index contributed by atoms with van der Waals surface area (Å²) in [7, 11) is 0. The second kappa shape index (κ2) is 7.26. The van der Waals surface area contributed by atoms with Crippen molar-refractivity contribution in [3.05, 3.63) is 0 Å². The maximum Gasteiger partial charge on any atom is 0.0639 e. The van der Waals surface area contributed by atoms with Gasteiger partial charge in [0.25, 0.3) is 0 Å². The highest BCUT2D eigenvalue weighted by molar-refractivity contribution is 4.64. The summed E-state index contributed by atoms with van der Waals surface area (Å²) in [6.07, 6.45) is -0.103. The van der Waals surface area contributed by atoms with E-state index in [2.05, 4.69) is 0 Å². The molecule has 0 spiro atoms. The van der Waals surface area contributed by atoms with Crippen molar-refractivity contribution in [2.75, 3.05) is 26.2 Å². The lowest BCUT2D eigenvalue weighted by molar-refractivity contribution is 0.0793. The average Bonchev–Trinajstić information content (AvgIpc) is 1.98. The van der Waals surface area contributed by atoms with Crippen LogP contribution in [0.3, 0.4) is 0 Å². The minimum Gasteiger partial charge on any atom is -0.396 e. The van der Waals surface area contributed by atoms with Crippen molar-refractivity contribution in [3.8, 4) is 0 Å². The minimum atomic E-state index is -0.391. The third-order valence-corrected chi connectivity index (χ3v) is 1.68. The molecule has 0 aliphatic heterocycles. The fourth-order valence-corrected chi connectivity index (χ4v) is 1.30. The third kappa shape index (κ3) is 8.18. The minimum absolute atomic E-state index is 0.149. The Morgan fingerprint density at radius 3 is 1.85 bits per heavy atom. The first-order chi connectivity index (χ1) is 6.06. The highest BCUT2D eigenvalue weighted by Crippen LogP contribution is 1.97. The van der Waals surface area contributed by atoms with E-state index in [-0.39, 0.29) is 6.61 Å². The summed E-state index contributed by atoms with van der Waals surface area (Å²) in [6, 6.07) is 0. The number of hydrogen-bond acceptors (Lipinski definition) is 4.